The Hall–Kier alpha value is -3.11. The first-order valence-electron chi connectivity index (χ1n) is 11.3. The van der Waals surface area contributed by atoms with E-state index in [9.17, 15) is 5.11 Å². The Morgan fingerprint density at radius 2 is 1.87 bits per heavy atom. The van der Waals surface area contributed by atoms with Gasteiger partial charge in [-0.25, -0.2) is 0 Å². The Balaban J connectivity index is 1.49. The van der Waals surface area contributed by atoms with Crippen molar-refractivity contribution in [1.29, 1.82) is 0 Å². The molecule has 156 valence electrons. The summed E-state index contributed by atoms with van der Waals surface area (Å²) in [5.41, 5.74) is 13.5. The number of anilines is 2. The summed E-state index contributed by atoms with van der Waals surface area (Å²) in [6.45, 7) is 4.41. The summed E-state index contributed by atoms with van der Waals surface area (Å²) in [4.78, 5) is 8.19. The van der Waals surface area contributed by atoms with Crippen molar-refractivity contribution in [3.63, 3.8) is 0 Å². The van der Waals surface area contributed by atoms with Crippen molar-refractivity contribution in [3.8, 4) is 11.3 Å². The average molecular weight is 410 g/mol. The summed E-state index contributed by atoms with van der Waals surface area (Å²) in [5, 5.41) is 15.2. The number of hydrogen-bond acceptors (Lipinski definition) is 3. The van der Waals surface area contributed by atoms with Gasteiger partial charge < -0.3 is 15.4 Å². The number of pyridine rings is 1. The second-order valence-electron chi connectivity index (χ2n) is 9.05. The first kappa shape index (κ1) is 18.6. The maximum Gasteiger partial charge on any atom is 0.0966 e. The molecule has 0 saturated heterocycles. The second kappa shape index (κ2) is 6.96. The molecule has 2 heterocycles. The SMILES string of the molecule is Cc1cc(Nc2ccnc3c2CCC3O)cc2c1CCCc1c-2[nH]c2c(C)cccc12. The van der Waals surface area contributed by atoms with Crippen LogP contribution < -0.4 is 5.32 Å². The molecule has 0 fully saturated rings. The summed E-state index contributed by atoms with van der Waals surface area (Å²) in [7, 11) is 0. The Bertz CT molecular complexity index is 1330. The van der Waals surface area contributed by atoms with Crippen molar-refractivity contribution < 1.29 is 5.11 Å². The molecule has 6 rings (SSSR count). The van der Waals surface area contributed by atoms with Crippen molar-refractivity contribution in [1.82, 2.24) is 9.97 Å². The number of hydrogen-bond donors (Lipinski definition) is 3. The van der Waals surface area contributed by atoms with Crippen LogP contribution in [0.2, 0.25) is 0 Å². The number of rotatable bonds is 2. The number of benzene rings is 2. The van der Waals surface area contributed by atoms with Gasteiger partial charge in [0.15, 0.2) is 0 Å². The second-order valence-corrected chi connectivity index (χ2v) is 9.05. The number of aliphatic hydroxyl groups is 1. The first-order chi connectivity index (χ1) is 15.1. The lowest BCUT2D eigenvalue weighted by Crippen LogP contribution is -2.01. The fourth-order valence-electron chi connectivity index (χ4n) is 5.54. The summed E-state index contributed by atoms with van der Waals surface area (Å²) >= 11 is 0. The number of aryl methyl sites for hydroxylation is 3. The lowest BCUT2D eigenvalue weighted by molar-refractivity contribution is 0.176. The van der Waals surface area contributed by atoms with Crippen LogP contribution in [0.1, 0.15) is 52.5 Å². The van der Waals surface area contributed by atoms with Crippen LogP contribution in [0.4, 0.5) is 11.4 Å². The molecule has 2 aliphatic carbocycles. The molecular weight excluding hydrogens is 382 g/mol. The largest absolute Gasteiger partial charge is 0.387 e. The van der Waals surface area contributed by atoms with E-state index >= 15 is 0 Å². The topological polar surface area (TPSA) is 60.9 Å². The molecule has 4 heteroatoms. The minimum Gasteiger partial charge on any atom is -0.387 e. The van der Waals surface area contributed by atoms with Crippen LogP contribution in [0.5, 0.6) is 0 Å². The Morgan fingerprint density at radius 1 is 1.00 bits per heavy atom. The molecule has 0 bridgehead atoms. The molecule has 3 N–H and O–H groups in total. The highest BCUT2D eigenvalue weighted by atomic mass is 16.3. The summed E-state index contributed by atoms with van der Waals surface area (Å²) < 4.78 is 0. The standard InChI is InChI=1S/C27H27N3O/c1-15-5-3-7-19-20-8-4-6-18-16(2)13-17(14-22(18)26(20)30-25(15)19)29-23-11-12-28-27-21(23)9-10-24(27)31/h3,5,7,11-14,24,30-31H,4,6,8-10H2,1-2H3,(H,28,29). The van der Waals surface area contributed by atoms with E-state index in [-0.39, 0.29) is 0 Å². The third-order valence-electron chi connectivity index (χ3n) is 7.10. The zero-order valence-corrected chi connectivity index (χ0v) is 18.0. The molecule has 0 spiro atoms. The molecule has 2 aliphatic rings. The zero-order chi connectivity index (χ0) is 21.1. The van der Waals surface area contributed by atoms with Crippen LogP contribution in [-0.4, -0.2) is 15.1 Å². The van der Waals surface area contributed by atoms with E-state index < -0.39 is 6.10 Å². The van der Waals surface area contributed by atoms with Crippen molar-refractivity contribution >= 4 is 22.3 Å². The van der Waals surface area contributed by atoms with Crippen LogP contribution in [-0.2, 0) is 19.3 Å². The Labute approximate surface area is 182 Å². The molecule has 2 aromatic carbocycles. The average Bonchev–Trinajstić information content (AvgIpc) is 3.26. The molecule has 4 nitrogen and oxygen atoms in total. The summed E-state index contributed by atoms with van der Waals surface area (Å²) in [5.74, 6) is 0. The van der Waals surface area contributed by atoms with E-state index in [1.165, 1.54) is 50.8 Å². The van der Waals surface area contributed by atoms with Crippen molar-refractivity contribution in [3.05, 3.63) is 76.1 Å². The molecule has 0 amide bonds. The van der Waals surface area contributed by atoms with Gasteiger partial charge in [-0.1, -0.05) is 18.2 Å². The van der Waals surface area contributed by atoms with Crippen LogP contribution >= 0.6 is 0 Å². The molecule has 0 aliphatic heterocycles. The highest BCUT2D eigenvalue weighted by Crippen LogP contribution is 2.41. The third kappa shape index (κ3) is 2.89. The quantitative estimate of drug-likeness (QED) is 0.377. The lowest BCUT2D eigenvalue weighted by Gasteiger charge is -2.16. The van der Waals surface area contributed by atoms with Gasteiger partial charge in [0, 0.05) is 34.0 Å². The number of nitrogens with zero attached hydrogens (tertiary/aromatic N) is 1. The summed E-state index contributed by atoms with van der Waals surface area (Å²) in [6.07, 6.45) is 6.35. The van der Waals surface area contributed by atoms with Crippen LogP contribution in [0.25, 0.3) is 22.2 Å². The predicted molar refractivity (Wildman–Crippen MR) is 126 cm³/mol. The van der Waals surface area contributed by atoms with Crippen molar-refractivity contribution in [2.24, 2.45) is 0 Å². The number of para-hydroxylation sites is 1. The number of aromatic amines is 1. The van der Waals surface area contributed by atoms with E-state index in [2.05, 4.69) is 59.5 Å². The molecular formula is C27H27N3O. The minimum absolute atomic E-state index is 0.442. The first-order valence-corrected chi connectivity index (χ1v) is 11.3. The number of nitrogens with one attached hydrogen (secondary N) is 2. The Kier molecular flexibility index (Phi) is 4.19. The summed E-state index contributed by atoms with van der Waals surface area (Å²) in [6, 6.07) is 13.2. The fraction of sp³-hybridized carbons (Fsp3) is 0.296. The maximum absolute atomic E-state index is 10.2. The maximum atomic E-state index is 10.2. The predicted octanol–water partition coefficient (Wildman–Crippen LogP) is 6.06. The molecule has 2 aromatic heterocycles. The van der Waals surface area contributed by atoms with Crippen molar-refractivity contribution in [2.75, 3.05) is 5.32 Å². The molecule has 31 heavy (non-hydrogen) atoms. The van der Waals surface area contributed by atoms with Crippen LogP contribution in [0.15, 0.2) is 42.6 Å². The van der Waals surface area contributed by atoms with Gasteiger partial charge in [-0.3, -0.25) is 4.98 Å². The lowest BCUT2D eigenvalue weighted by atomic mass is 9.96. The van der Waals surface area contributed by atoms with Gasteiger partial charge in [-0.2, -0.15) is 0 Å². The van der Waals surface area contributed by atoms with Gasteiger partial charge in [0.05, 0.1) is 17.5 Å². The third-order valence-corrected chi connectivity index (χ3v) is 7.10. The molecule has 0 saturated carbocycles. The van der Waals surface area contributed by atoms with E-state index in [4.69, 9.17) is 0 Å². The van der Waals surface area contributed by atoms with E-state index in [0.717, 1.165) is 48.3 Å². The van der Waals surface area contributed by atoms with Crippen molar-refractivity contribution in [2.45, 2.75) is 52.1 Å². The van der Waals surface area contributed by atoms with Gasteiger partial charge in [-0.15, -0.1) is 0 Å². The smallest absolute Gasteiger partial charge is 0.0966 e. The monoisotopic (exact) mass is 409 g/mol. The number of aromatic nitrogens is 2. The van der Waals surface area contributed by atoms with E-state index in [1.54, 1.807) is 6.20 Å². The van der Waals surface area contributed by atoms with Gasteiger partial charge >= 0.3 is 0 Å². The highest BCUT2D eigenvalue weighted by Gasteiger charge is 2.25. The Morgan fingerprint density at radius 3 is 2.77 bits per heavy atom. The van der Waals surface area contributed by atoms with Gasteiger partial charge in [0.1, 0.15) is 0 Å². The molecule has 1 atom stereocenters. The highest BCUT2D eigenvalue weighted by molar-refractivity contribution is 5.94. The normalized spacial score (nSPS) is 17.2. The minimum atomic E-state index is -0.442. The zero-order valence-electron chi connectivity index (χ0n) is 18.0. The van der Waals surface area contributed by atoms with Crippen LogP contribution in [0.3, 0.4) is 0 Å². The van der Waals surface area contributed by atoms with E-state index in [1.807, 2.05) is 6.07 Å². The fourth-order valence-corrected chi connectivity index (χ4v) is 5.54. The van der Waals surface area contributed by atoms with Gasteiger partial charge in [0.25, 0.3) is 0 Å². The van der Waals surface area contributed by atoms with E-state index in [0.29, 0.717) is 0 Å². The number of fused-ring (bicyclic) bond motifs is 6. The molecule has 4 aromatic rings. The molecule has 1 unspecified atom stereocenters. The van der Waals surface area contributed by atoms with Gasteiger partial charge in [-0.05, 0) is 92.0 Å². The van der Waals surface area contributed by atoms with Crippen LogP contribution in [0, 0.1) is 13.8 Å². The number of H-pyrrole nitrogens is 1. The molecule has 0 radical (unpaired) electrons. The van der Waals surface area contributed by atoms with Gasteiger partial charge in [0.2, 0.25) is 0 Å². The number of aliphatic hydroxyl groups excluding tert-OH is 1.